The third kappa shape index (κ3) is 3.98. The maximum absolute atomic E-state index is 12.4. The largest absolute Gasteiger partial charge is 0.472 e. The molecule has 1 amide bonds. The summed E-state index contributed by atoms with van der Waals surface area (Å²) in [5.74, 6) is -1.29. The molecule has 0 aliphatic rings. The Labute approximate surface area is 155 Å². The van der Waals surface area contributed by atoms with Crippen LogP contribution in [0.1, 0.15) is 42.5 Å². The maximum Gasteiger partial charge on any atom is 0.341 e. The van der Waals surface area contributed by atoms with Crippen molar-refractivity contribution >= 4 is 17.7 Å². The normalized spacial score (nSPS) is 10.4. The predicted octanol–water partition coefficient (Wildman–Crippen LogP) is 3.12. The van der Waals surface area contributed by atoms with Crippen LogP contribution in [-0.2, 0) is 4.74 Å². The average Bonchev–Trinajstić information content (AvgIpc) is 3.31. The Morgan fingerprint density at radius 1 is 1.07 bits per heavy atom. The highest BCUT2D eigenvalue weighted by Crippen LogP contribution is 2.15. The summed E-state index contributed by atoms with van der Waals surface area (Å²) < 4.78 is 11.4. The smallest absolute Gasteiger partial charge is 0.341 e. The number of carbonyl (C=O) groups is 3. The highest BCUT2D eigenvalue weighted by Gasteiger charge is 2.19. The Balaban J connectivity index is 1.70. The first-order chi connectivity index (χ1) is 13.0. The standard InChI is InChI=1S/C20H18N2O5/c1-13-10-17(18(23)12-27-20(25)16-8-9-26-11-16)14(2)22(13)21-19(24)15-6-4-3-5-7-15/h3-11H,12H2,1-2H3,(H,21,24). The second kappa shape index (κ2) is 7.74. The van der Waals surface area contributed by atoms with E-state index < -0.39 is 12.6 Å². The molecule has 0 radical (unpaired) electrons. The van der Waals surface area contributed by atoms with Crippen molar-refractivity contribution in [1.29, 1.82) is 0 Å². The zero-order valence-corrected chi connectivity index (χ0v) is 14.9. The molecule has 2 heterocycles. The van der Waals surface area contributed by atoms with Crippen LogP contribution < -0.4 is 5.43 Å². The number of aryl methyl sites for hydroxylation is 1. The van der Waals surface area contributed by atoms with Crippen LogP contribution in [0.3, 0.4) is 0 Å². The molecule has 0 saturated heterocycles. The lowest BCUT2D eigenvalue weighted by molar-refractivity contribution is 0.0474. The lowest BCUT2D eigenvalue weighted by Crippen LogP contribution is -2.25. The average molecular weight is 366 g/mol. The lowest BCUT2D eigenvalue weighted by atomic mass is 10.1. The van der Waals surface area contributed by atoms with Gasteiger partial charge in [0.05, 0.1) is 11.8 Å². The molecule has 0 atom stereocenters. The first kappa shape index (κ1) is 18.2. The zero-order valence-electron chi connectivity index (χ0n) is 14.9. The first-order valence-corrected chi connectivity index (χ1v) is 8.25. The van der Waals surface area contributed by atoms with E-state index >= 15 is 0 Å². The van der Waals surface area contributed by atoms with Crippen LogP contribution in [0.4, 0.5) is 0 Å². The van der Waals surface area contributed by atoms with Crippen molar-refractivity contribution in [2.45, 2.75) is 13.8 Å². The summed E-state index contributed by atoms with van der Waals surface area (Å²) in [4.78, 5) is 36.6. The van der Waals surface area contributed by atoms with Crippen molar-refractivity contribution in [2.24, 2.45) is 0 Å². The van der Waals surface area contributed by atoms with Gasteiger partial charge in [-0.3, -0.25) is 19.7 Å². The minimum Gasteiger partial charge on any atom is -0.472 e. The zero-order chi connectivity index (χ0) is 19.4. The predicted molar refractivity (Wildman–Crippen MR) is 97.4 cm³/mol. The van der Waals surface area contributed by atoms with E-state index in [0.29, 0.717) is 22.5 Å². The summed E-state index contributed by atoms with van der Waals surface area (Å²) in [6, 6.07) is 11.9. The van der Waals surface area contributed by atoms with Crippen LogP contribution in [0, 0.1) is 13.8 Å². The summed E-state index contributed by atoms with van der Waals surface area (Å²) in [7, 11) is 0. The molecule has 7 nitrogen and oxygen atoms in total. The summed E-state index contributed by atoms with van der Waals surface area (Å²) >= 11 is 0. The van der Waals surface area contributed by atoms with Crippen LogP contribution in [0.5, 0.6) is 0 Å². The summed E-state index contributed by atoms with van der Waals surface area (Å²) in [5.41, 5.74) is 5.12. The van der Waals surface area contributed by atoms with Crippen LogP contribution >= 0.6 is 0 Å². The number of hydrogen-bond acceptors (Lipinski definition) is 5. The van der Waals surface area contributed by atoms with Gasteiger partial charge >= 0.3 is 5.97 Å². The number of furan rings is 1. The summed E-state index contributed by atoms with van der Waals surface area (Å²) in [6.07, 6.45) is 2.60. The number of ether oxygens (including phenoxy) is 1. The molecule has 1 aromatic carbocycles. The molecule has 0 aliphatic heterocycles. The molecule has 27 heavy (non-hydrogen) atoms. The number of aromatic nitrogens is 1. The molecule has 0 aliphatic carbocycles. The van der Waals surface area contributed by atoms with Gasteiger partial charge in [-0.2, -0.15) is 0 Å². The molecule has 1 N–H and O–H groups in total. The van der Waals surface area contributed by atoms with Gasteiger partial charge in [0.15, 0.2) is 6.61 Å². The van der Waals surface area contributed by atoms with Gasteiger partial charge < -0.3 is 9.15 Å². The molecule has 0 saturated carbocycles. The Bertz CT molecular complexity index is 971. The molecule has 3 aromatic rings. The molecule has 0 bridgehead atoms. The van der Waals surface area contributed by atoms with Crippen LogP contribution in [0.2, 0.25) is 0 Å². The van der Waals surface area contributed by atoms with E-state index in [2.05, 4.69) is 5.43 Å². The fraction of sp³-hybridized carbons (Fsp3) is 0.150. The molecular weight excluding hydrogens is 348 g/mol. The second-order valence-corrected chi connectivity index (χ2v) is 5.94. The van der Waals surface area contributed by atoms with Crippen molar-refractivity contribution in [1.82, 2.24) is 4.68 Å². The minimum atomic E-state index is -0.636. The molecule has 3 rings (SSSR count). The van der Waals surface area contributed by atoms with E-state index in [1.54, 1.807) is 48.9 Å². The number of nitrogens with one attached hydrogen (secondary N) is 1. The van der Waals surface area contributed by atoms with Gasteiger partial charge in [-0.15, -0.1) is 0 Å². The van der Waals surface area contributed by atoms with E-state index in [1.165, 1.54) is 18.6 Å². The van der Waals surface area contributed by atoms with Gasteiger partial charge in [0, 0.05) is 22.5 Å². The van der Waals surface area contributed by atoms with E-state index in [4.69, 9.17) is 9.15 Å². The number of carbonyl (C=O) groups excluding carboxylic acids is 3. The Kier molecular flexibility index (Phi) is 5.21. The number of amides is 1. The van der Waals surface area contributed by atoms with Crippen molar-refractivity contribution in [2.75, 3.05) is 12.0 Å². The maximum atomic E-state index is 12.4. The van der Waals surface area contributed by atoms with E-state index in [1.807, 2.05) is 6.07 Å². The fourth-order valence-electron chi connectivity index (χ4n) is 2.65. The molecular formula is C20H18N2O5. The van der Waals surface area contributed by atoms with Gasteiger partial charge in [-0.05, 0) is 38.1 Å². The summed E-state index contributed by atoms with van der Waals surface area (Å²) in [5, 5.41) is 0. The van der Waals surface area contributed by atoms with Crippen LogP contribution in [-0.4, -0.2) is 28.9 Å². The monoisotopic (exact) mass is 366 g/mol. The third-order valence-corrected chi connectivity index (χ3v) is 4.07. The van der Waals surface area contributed by atoms with Gasteiger partial charge in [0.2, 0.25) is 5.78 Å². The third-order valence-electron chi connectivity index (χ3n) is 4.07. The molecule has 0 unspecified atom stereocenters. The Morgan fingerprint density at radius 2 is 1.81 bits per heavy atom. The highest BCUT2D eigenvalue weighted by atomic mass is 16.5. The van der Waals surface area contributed by atoms with Crippen molar-refractivity contribution in [3.8, 4) is 0 Å². The molecule has 0 spiro atoms. The SMILES string of the molecule is Cc1cc(C(=O)COC(=O)c2ccoc2)c(C)n1NC(=O)c1ccccc1. The van der Waals surface area contributed by atoms with Gasteiger partial charge in [0.25, 0.3) is 5.91 Å². The molecule has 138 valence electrons. The van der Waals surface area contributed by atoms with E-state index in [0.717, 1.165) is 0 Å². The number of esters is 1. The summed E-state index contributed by atoms with van der Waals surface area (Å²) in [6.45, 7) is 3.08. The number of nitrogens with zero attached hydrogens (tertiary/aromatic N) is 1. The van der Waals surface area contributed by atoms with E-state index in [9.17, 15) is 14.4 Å². The van der Waals surface area contributed by atoms with E-state index in [-0.39, 0.29) is 17.3 Å². The van der Waals surface area contributed by atoms with Crippen molar-refractivity contribution < 1.29 is 23.5 Å². The van der Waals surface area contributed by atoms with Crippen molar-refractivity contribution in [3.05, 3.63) is 83.1 Å². The number of rotatable bonds is 6. The lowest BCUT2D eigenvalue weighted by Gasteiger charge is -2.11. The van der Waals surface area contributed by atoms with Gasteiger partial charge in [-0.1, -0.05) is 18.2 Å². The fourth-order valence-corrected chi connectivity index (χ4v) is 2.65. The Morgan fingerprint density at radius 3 is 2.48 bits per heavy atom. The Hall–Kier alpha value is -3.61. The van der Waals surface area contributed by atoms with Crippen LogP contribution in [0.25, 0.3) is 0 Å². The number of hydrogen-bond donors (Lipinski definition) is 1. The second-order valence-electron chi connectivity index (χ2n) is 5.94. The number of Topliss-reactive ketones (excluding diaryl/α,β-unsaturated/α-hetero) is 1. The van der Waals surface area contributed by atoms with Gasteiger partial charge in [0.1, 0.15) is 6.26 Å². The van der Waals surface area contributed by atoms with Gasteiger partial charge in [-0.25, -0.2) is 4.79 Å². The van der Waals surface area contributed by atoms with Crippen molar-refractivity contribution in [3.63, 3.8) is 0 Å². The molecule has 7 heteroatoms. The quantitative estimate of drug-likeness (QED) is 0.535. The topological polar surface area (TPSA) is 90.5 Å². The minimum absolute atomic E-state index is 0.239. The first-order valence-electron chi connectivity index (χ1n) is 8.25. The highest BCUT2D eigenvalue weighted by molar-refractivity contribution is 6.02. The molecule has 2 aromatic heterocycles. The molecule has 0 fully saturated rings. The number of benzene rings is 1. The number of ketones is 1. The van der Waals surface area contributed by atoms with Crippen LogP contribution in [0.15, 0.2) is 59.4 Å².